The zero-order valence-electron chi connectivity index (χ0n) is 14.8. The van der Waals surface area contributed by atoms with E-state index >= 15 is 0 Å². The Kier molecular flexibility index (Phi) is 5.39. The second-order valence-corrected chi connectivity index (χ2v) is 7.55. The molecule has 1 unspecified atom stereocenters. The van der Waals surface area contributed by atoms with Crippen molar-refractivity contribution in [1.29, 1.82) is 0 Å². The van der Waals surface area contributed by atoms with Crippen LogP contribution in [0.15, 0.2) is 16.7 Å². The van der Waals surface area contributed by atoms with Gasteiger partial charge in [0.25, 0.3) is 0 Å². The largest absolute Gasteiger partial charge is 0.497 e. The maximum atomic E-state index is 6.05. The number of hydrogen-bond acceptors (Lipinski definition) is 4. The summed E-state index contributed by atoms with van der Waals surface area (Å²) in [5, 5.41) is 0. The van der Waals surface area contributed by atoms with Crippen molar-refractivity contribution < 1.29 is 9.31 Å². The highest BCUT2D eigenvalue weighted by Crippen LogP contribution is 2.38. The zero-order valence-corrected chi connectivity index (χ0v) is 14.8. The van der Waals surface area contributed by atoms with Crippen molar-refractivity contribution in [3.05, 3.63) is 11.7 Å². The number of nitrogens with two attached hydrogens (primary N) is 1. The van der Waals surface area contributed by atoms with Crippen LogP contribution in [0.1, 0.15) is 66.7 Å². The van der Waals surface area contributed by atoms with E-state index in [1.165, 1.54) is 25.7 Å². The first-order valence-electron chi connectivity index (χ1n) is 8.61. The van der Waals surface area contributed by atoms with Gasteiger partial charge in [0, 0.05) is 11.7 Å². The van der Waals surface area contributed by atoms with E-state index in [0.29, 0.717) is 6.04 Å². The van der Waals surface area contributed by atoms with Gasteiger partial charge < -0.3 is 15.0 Å². The molecule has 5 heteroatoms. The monoisotopic (exact) mass is 306 g/mol. The zero-order chi connectivity index (χ0) is 16.4. The SMILES string of the molecule is CCC(N=CC(=CN)B1OC(C)(C)C(C)(C)O1)C1CCCC1. The van der Waals surface area contributed by atoms with Gasteiger partial charge in [-0.05, 0) is 59.1 Å². The van der Waals surface area contributed by atoms with Crippen LogP contribution in [0.3, 0.4) is 0 Å². The molecule has 2 N–H and O–H groups in total. The molecule has 1 saturated carbocycles. The molecule has 1 heterocycles. The maximum absolute atomic E-state index is 6.05. The van der Waals surface area contributed by atoms with Gasteiger partial charge >= 0.3 is 7.12 Å². The number of nitrogens with zero attached hydrogens (tertiary/aromatic N) is 1. The third kappa shape index (κ3) is 3.57. The molecule has 0 bridgehead atoms. The molecule has 124 valence electrons. The standard InChI is InChI=1S/C17H31BN2O2/c1-6-15(13-9-7-8-10-13)20-12-14(11-19)18-21-16(2,3)17(4,5)22-18/h11-13,15H,6-10,19H2,1-5H3. The number of hydrogen-bond donors (Lipinski definition) is 1. The van der Waals surface area contributed by atoms with Gasteiger partial charge in [0.05, 0.1) is 17.2 Å². The molecular formula is C17H31BN2O2. The van der Waals surface area contributed by atoms with Gasteiger partial charge in [0.15, 0.2) is 0 Å². The summed E-state index contributed by atoms with van der Waals surface area (Å²) in [5.41, 5.74) is 5.91. The molecule has 0 aromatic rings. The fraction of sp³-hybridized carbons (Fsp3) is 0.824. The Hall–Kier alpha value is -0.805. The first kappa shape index (κ1) is 17.5. The van der Waals surface area contributed by atoms with E-state index < -0.39 is 7.12 Å². The Morgan fingerprint density at radius 2 is 1.77 bits per heavy atom. The first-order chi connectivity index (χ1) is 10.3. The molecule has 0 amide bonds. The van der Waals surface area contributed by atoms with Crippen molar-refractivity contribution >= 4 is 13.3 Å². The fourth-order valence-corrected chi connectivity index (χ4v) is 3.25. The third-order valence-corrected chi connectivity index (χ3v) is 5.50. The van der Waals surface area contributed by atoms with Crippen LogP contribution in [0, 0.1) is 5.92 Å². The minimum absolute atomic E-state index is 0.352. The quantitative estimate of drug-likeness (QED) is 0.625. The molecular weight excluding hydrogens is 275 g/mol. The first-order valence-corrected chi connectivity index (χ1v) is 8.61. The molecule has 1 aliphatic carbocycles. The second kappa shape index (κ2) is 6.75. The molecule has 4 nitrogen and oxygen atoms in total. The predicted molar refractivity (Wildman–Crippen MR) is 92.9 cm³/mol. The lowest BCUT2D eigenvalue weighted by molar-refractivity contribution is 0.00578. The lowest BCUT2D eigenvalue weighted by Crippen LogP contribution is -2.41. The highest BCUT2D eigenvalue weighted by Gasteiger charge is 2.52. The summed E-state index contributed by atoms with van der Waals surface area (Å²) in [4.78, 5) is 4.80. The van der Waals surface area contributed by atoms with E-state index in [4.69, 9.17) is 20.0 Å². The van der Waals surface area contributed by atoms with Crippen LogP contribution >= 0.6 is 0 Å². The van der Waals surface area contributed by atoms with Gasteiger partial charge in [-0.2, -0.15) is 0 Å². The summed E-state index contributed by atoms with van der Waals surface area (Å²) in [6, 6.07) is 0.389. The highest BCUT2D eigenvalue weighted by atomic mass is 16.7. The molecule has 2 fully saturated rings. The van der Waals surface area contributed by atoms with Crippen molar-refractivity contribution in [3.63, 3.8) is 0 Å². The van der Waals surface area contributed by atoms with Crippen molar-refractivity contribution in [2.45, 2.75) is 84.0 Å². The average Bonchev–Trinajstić information content (AvgIpc) is 3.02. The summed E-state index contributed by atoms with van der Waals surface area (Å²) >= 11 is 0. The van der Waals surface area contributed by atoms with Crippen LogP contribution in [0.2, 0.25) is 0 Å². The van der Waals surface area contributed by atoms with Crippen LogP contribution in [0.25, 0.3) is 0 Å². The second-order valence-electron chi connectivity index (χ2n) is 7.55. The van der Waals surface area contributed by atoms with Gasteiger partial charge in [-0.25, -0.2) is 0 Å². The van der Waals surface area contributed by atoms with Gasteiger partial charge in [-0.3, -0.25) is 4.99 Å². The Morgan fingerprint density at radius 1 is 1.23 bits per heavy atom. The Balaban J connectivity index is 2.05. The van der Waals surface area contributed by atoms with E-state index in [1.54, 1.807) is 6.20 Å². The minimum atomic E-state index is -0.431. The van der Waals surface area contributed by atoms with Gasteiger partial charge in [-0.1, -0.05) is 19.8 Å². The summed E-state index contributed by atoms with van der Waals surface area (Å²) in [7, 11) is -0.431. The van der Waals surface area contributed by atoms with E-state index in [1.807, 2.05) is 33.9 Å². The van der Waals surface area contributed by atoms with Crippen LogP contribution in [0.5, 0.6) is 0 Å². The minimum Gasteiger partial charge on any atom is -0.405 e. The highest BCUT2D eigenvalue weighted by molar-refractivity contribution is 6.60. The lowest BCUT2D eigenvalue weighted by Gasteiger charge is -2.32. The Morgan fingerprint density at radius 3 is 2.23 bits per heavy atom. The summed E-state index contributed by atoms with van der Waals surface area (Å²) in [6.07, 6.45) is 9.78. The molecule has 0 radical (unpaired) electrons. The molecule has 0 aromatic heterocycles. The van der Waals surface area contributed by atoms with E-state index in [2.05, 4.69) is 6.92 Å². The topological polar surface area (TPSA) is 56.8 Å². The van der Waals surface area contributed by atoms with Crippen molar-refractivity contribution in [2.24, 2.45) is 16.6 Å². The van der Waals surface area contributed by atoms with Crippen LogP contribution in [0.4, 0.5) is 0 Å². The van der Waals surface area contributed by atoms with Crippen LogP contribution < -0.4 is 5.73 Å². The number of allylic oxidation sites excluding steroid dienone is 1. The number of aliphatic imine (C=N–C) groups is 1. The summed E-state index contributed by atoms with van der Waals surface area (Å²) in [6.45, 7) is 10.4. The van der Waals surface area contributed by atoms with Crippen molar-refractivity contribution in [1.82, 2.24) is 0 Å². The average molecular weight is 306 g/mol. The van der Waals surface area contributed by atoms with Gasteiger partial charge in [0.1, 0.15) is 0 Å². The Bertz CT molecular complexity index is 424. The predicted octanol–water partition coefficient (Wildman–Crippen LogP) is 3.50. The Labute approximate surface area is 135 Å². The molecule has 1 saturated heterocycles. The van der Waals surface area contributed by atoms with E-state index in [9.17, 15) is 0 Å². The maximum Gasteiger partial charge on any atom is 0.497 e. The van der Waals surface area contributed by atoms with Gasteiger partial charge in [-0.15, -0.1) is 0 Å². The van der Waals surface area contributed by atoms with Crippen molar-refractivity contribution in [2.75, 3.05) is 0 Å². The van der Waals surface area contributed by atoms with E-state index in [-0.39, 0.29) is 11.2 Å². The molecule has 2 aliphatic rings. The molecule has 2 rings (SSSR count). The van der Waals surface area contributed by atoms with Gasteiger partial charge in [0.2, 0.25) is 0 Å². The molecule has 0 aromatic carbocycles. The summed E-state index contributed by atoms with van der Waals surface area (Å²) in [5.74, 6) is 0.721. The fourth-order valence-electron chi connectivity index (χ4n) is 3.25. The van der Waals surface area contributed by atoms with E-state index in [0.717, 1.165) is 17.8 Å². The molecule has 1 aliphatic heterocycles. The molecule has 1 atom stereocenters. The summed E-state index contributed by atoms with van der Waals surface area (Å²) < 4.78 is 12.1. The molecule has 0 spiro atoms. The molecule has 22 heavy (non-hydrogen) atoms. The van der Waals surface area contributed by atoms with Crippen LogP contribution in [-0.4, -0.2) is 30.6 Å². The van der Waals surface area contributed by atoms with Crippen molar-refractivity contribution in [3.8, 4) is 0 Å². The van der Waals surface area contributed by atoms with Crippen LogP contribution in [-0.2, 0) is 9.31 Å². The number of rotatable bonds is 5. The normalized spacial score (nSPS) is 27.0. The third-order valence-electron chi connectivity index (χ3n) is 5.50. The lowest BCUT2D eigenvalue weighted by atomic mass is 9.79. The smallest absolute Gasteiger partial charge is 0.405 e.